The molecule has 0 aliphatic heterocycles. The molecule has 10 heteroatoms. The number of hydrogen-bond donors (Lipinski definition) is 1. The van der Waals surface area contributed by atoms with Gasteiger partial charge in [-0.25, -0.2) is 5.43 Å². The number of rotatable bonds is 10. The lowest BCUT2D eigenvalue weighted by atomic mass is 9.87. The summed E-state index contributed by atoms with van der Waals surface area (Å²) in [6, 6.07) is 21.6. The van der Waals surface area contributed by atoms with Crippen LogP contribution in [0.1, 0.15) is 31.9 Å². The number of para-hydroxylation sites is 1. The molecule has 0 saturated carbocycles. The molecule has 3 aromatic carbocycles. The Kier molecular flexibility index (Phi) is 9.11. The highest BCUT2D eigenvalue weighted by Gasteiger charge is 2.19. The predicted molar refractivity (Wildman–Crippen MR) is 158 cm³/mol. The van der Waals surface area contributed by atoms with Crippen LogP contribution in [0.5, 0.6) is 17.2 Å². The minimum atomic E-state index is -0.300. The fourth-order valence-corrected chi connectivity index (χ4v) is 4.71. The van der Waals surface area contributed by atoms with Crippen LogP contribution in [0, 0.1) is 0 Å². The summed E-state index contributed by atoms with van der Waals surface area (Å²) in [5.74, 6) is 2.07. The fraction of sp³-hybridized carbons (Fsp3) is 0.267. The number of hydrogen-bond acceptors (Lipinski definition) is 8. The van der Waals surface area contributed by atoms with Gasteiger partial charge in [0.25, 0.3) is 5.91 Å². The van der Waals surface area contributed by atoms with Gasteiger partial charge in [0.2, 0.25) is 0 Å². The van der Waals surface area contributed by atoms with Crippen molar-refractivity contribution in [3.63, 3.8) is 0 Å². The quantitative estimate of drug-likeness (QED) is 0.156. The van der Waals surface area contributed by atoms with E-state index in [9.17, 15) is 4.79 Å². The molecule has 0 bridgehead atoms. The van der Waals surface area contributed by atoms with E-state index in [1.165, 1.54) is 37.8 Å². The molecule has 1 N–H and O–H groups in total. The van der Waals surface area contributed by atoms with E-state index in [-0.39, 0.29) is 17.1 Å². The second-order valence-corrected chi connectivity index (χ2v) is 10.8. The third kappa shape index (κ3) is 6.63. The first-order valence-electron chi connectivity index (χ1n) is 12.6. The molecule has 1 amide bonds. The summed E-state index contributed by atoms with van der Waals surface area (Å²) in [6.07, 6.45) is 1.48. The lowest BCUT2D eigenvalue weighted by Gasteiger charge is -2.19. The molecule has 40 heavy (non-hydrogen) atoms. The molecule has 208 valence electrons. The maximum absolute atomic E-state index is 12.7. The average Bonchev–Trinajstić information content (AvgIpc) is 3.40. The van der Waals surface area contributed by atoms with Crippen LogP contribution in [0.25, 0.3) is 17.1 Å². The van der Waals surface area contributed by atoms with Gasteiger partial charge in [0.15, 0.2) is 11.0 Å². The Labute approximate surface area is 238 Å². The number of methoxy groups -OCH3 is 3. The average molecular weight is 560 g/mol. The highest BCUT2D eigenvalue weighted by molar-refractivity contribution is 7.99. The van der Waals surface area contributed by atoms with E-state index in [2.05, 4.69) is 65.8 Å². The smallest absolute Gasteiger partial charge is 0.250 e. The van der Waals surface area contributed by atoms with E-state index in [4.69, 9.17) is 14.2 Å². The second kappa shape index (κ2) is 12.7. The van der Waals surface area contributed by atoms with Crippen LogP contribution < -0.4 is 19.6 Å². The maximum Gasteiger partial charge on any atom is 0.250 e. The molecule has 0 spiro atoms. The van der Waals surface area contributed by atoms with Crippen molar-refractivity contribution in [3.05, 3.63) is 77.9 Å². The summed E-state index contributed by atoms with van der Waals surface area (Å²) in [6.45, 7) is 6.55. The number of carbonyl (C=O) groups is 1. The van der Waals surface area contributed by atoms with E-state index in [1.54, 1.807) is 19.2 Å². The number of nitrogens with one attached hydrogen (secondary N) is 1. The van der Waals surface area contributed by atoms with Crippen molar-refractivity contribution in [2.75, 3.05) is 27.1 Å². The number of carbonyl (C=O) groups excluding carboxylic acids is 1. The zero-order valence-electron chi connectivity index (χ0n) is 23.5. The lowest BCUT2D eigenvalue weighted by Crippen LogP contribution is -2.20. The maximum atomic E-state index is 12.7. The predicted octanol–water partition coefficient (Wildman–Crippen LogP) is 5.50. The number of amides is 1. The molecule has 9 nitrogen and oxygen atoms in total. The Morgan fingerprint density at radius 2 is 1.60 bits per heavy atom. The van der Waals surface area contributed by atoms with E-state index >= 15 is 0 Å². The van der Waals surface area contributed by atoms with Gasteiger partial charge in [-0.05, 0) is 23.1 Å². The van der Waals surface area contributed by atoms with Crippen molar-refractivity contribution in [2.24, 2.45) is 5.10 Å². The Hall–Kier alpha value is -4.31. The molecule has 0 aliphatic carbocycles. The minimum Gasteiger partial charge on any atom is -0.496 e. The fourth-order valence-electron chi connectivity index (χ4n) is 3.97. The van der Waals surface area contributed by atoms with Gasteiger partial charge >= 0.3 is 0 Å². The first-order chi connectivity index (χ1) is 19.2. The zero-order chi connectivity index (χ0) is 28.7. The molecule has 1 aromatic heterocycles. The lowest BCUT2D eigenvalue weighted by molar-refractivity contribution is -0.118. The van der Waals surface area contributed by atoms with E-state index in [0.717, 1.165) is 11.3 Å². The molecule has 1 heterocycles. The van der Waals surface area contributed by atoms with Gasteiger partial charge in [0.1, 0.15) is 17.2 Å². The molecular formula is C30H33N5O4S. The number of thioether (sulfide) groups is 1. The van der Waals surface area contributed by atoms with Crippen LogP contribution in [0.2, 0.25) is 0 Å². The molecular weight excluding hydrogens is 526 g/mol. The second-order valence-electron chi connectivity index (χ2n) is 9.83. The summed E-state index contributed by atoms with van der Waals surface area (Å²) < 4.78 is 18.1. The Morgan fingerprint density at radius 1 is 0.950 bits per heavy atom. The summed E-state index contributed by atoms with van der Waals surface area (Å²) in [7, 11) is 4.64. The summed E-state index contributed by atoms with van der Waals surface area (Å²) in [5, 5.41) is 13.6. The molecule has 0 fully saturated rings. The third-order valence-corrected chi connectivity index (χ3v) is 7.05. The Morgan fingerprint density at radius 3 is 2.17 bits per heavy atom. The van der Waals surface area contributed by atoms with Crippen molar-refractivity contribution < 1.29 is 19.0 Å². The van der Waals surface area contributed by atoms with Crippen LogP contribution >= 0.6 is 11.8 Å². The minimum absolute atomic E-state index is 0.0477. The monoisotopic (exact) mass is 559 g/mol. The van der Waals surface area contributed by atoms with Crippen molar-refractivity contribution in [3.8, 4) is 34.3 Å². The van der Waals surface area contributed by atoms with E-state index in [1.807, 2.05) is 34.9 Å². The van der Waals surface area contributed by atoms with Crippen molar-refractivity contribution in [2.45, 2.75) is 31.3 Å². The highest BCUT2D eigenvalue weighted by atomic mass is 32.2. The van der Waals surface area contributed by atoms with Gasteiger partial charge in [0, 0.05) is 23.4 Å². The van der Waals surface area contributed by atoms with Crippen molar-refractivity contribution in [1.29, 1.82) is 0 Å². The van der Waals surface area contributed by atoms with Crippen molar-refractivity contribution in [1.82, 2.24) is 20.2 Å². The molecule has 0 aliphatic rings. The standard InChI is InChI=1S/C30H33N5O4S/c1-30(2,3)21-14-12-20(13-15-21)28-33-34-29(35(28)22-10-8-7-9-11-22)40-19-27(36)32-31-18-24-25(38-5)16-23(37-4)17-26(24)39-6/h7-18H,19H2,1-6H3,(H,32,36). The molecule has 0 atom stereocenters. The number of hydrazone groups is 1. The van der Waals surface area contributed by atoms with E-state index in [0.29, 0.717) is 33.8 Å². The molecule has 0 unspecified atom stereocenters. The van der Waals surface area contributed by atoms with Gasteiger partial charge < -0.3 is 14.2 Å². The number of ether oxygens (including phenoxy) is 3. The summed E-state index contributed by atoms with van der Waals surface area (Å²) >= 11 is 1.28. The highest BCUT2D eigenvalue weighted by Crippen LogP contribution is 2.33. The third-order valence-electron chi connectivity index (χ3n) is 6.13. The molecule has 4 rings (SSSR count). The van der Waals surface area contributed by atoms with Gasteiger partial charge in [-0.1, -0.05) is 75.0 Å². The largest absolute Gasteiger partial charge is 0.496 e. The number of nitrogens with zero attached hydrogens (tertiary/aromatic N) is 4. The zero-order valence-corrected chi connectivity index (χ0v) is 24.3. The van der Waals surface area contributed by atoms with E-state index < -0.39 is 0 Å². The Bertz CT molecular complexity index is 1450. The molecule has 4 aromatic rings. The van der Waals surface area contributed by atoms with Gasteiger partial charge in [0.05, 0.1) is 38.9 Å². The van der Waals surface area contributed by atoms with Gasteiger partial charge in [-0.2, -0.15) is 5.10 Å². The number of aromatic nitrogens is 3. The normalized spacial score (nSPS) is 11.4. The SMILES string of the molecule is COc1cc(OC)c(C=NNC(=O)CSc2nnc(-c3ccc(C(C)(C)C)cc3)n2-c2ccccc2)c(OC)c1. The van der Waals surface area contributed by atoms with Crippen LogP contribution in [0.3, 0.4) is 0 Å². The first-order valence-corrected chi connectivity index (χ1v) is 13.6. The van der Waals surface area contributed by atoms with Gasteiger partial charge in [-0.15, -0.1) is 10.2 Å². The summed E-state index contributed by atoms with van der Waals surface area (Å²) in [5.41, 5.74) is 6.26. The van der Waals surface area contributed by atoms with Gasteiger partial charge in [-0.3, -0.25) is 9.36 Å². The molecule has 0 saturated heterocycles. The Balaban J connectivity index is 1.52. The van der Waals surface area contributed by atoms with Crippen LogP contribution in [-0.2, 0) is 10.2 Å². The topological polar surface area (TPSA) is 99.9 Å². The first kappa shape index (κ1) is 28.7. The van der Waals surface area contributed by atoms with Crippen LogP contribution in [-0.4, -0.2) is 54.0 Å². The summed E-state index contributed by atoms with van der Waals surface area (Å²) in [4.78, 5) is 12.7. The molecule has 0 radical (unpaired) electrons. The van der Waals surface area contributed by atoms with Crippen LogP contribution in [0.4, 0.5) is 0 Å². The van der Waals surface area contributed by atoms with Crippen molar-refractivity contribution >= 4 is 23.9 Å². The van der Waals surface area contributed by atoms with Crippen LogP contribution in [0.15, 0.2) is 77.0 Å². The number of benzene rings is 3.